The molecule has 2 heterocycles. The van der Waals surface area contributed by atoms with E-state index in [2.05, 4.69) is 252 Å². The first kappa shape index (κ1) is 35.5. The van der Waals surface area contributed by atoms with Crippen molar-refractivity contribution in [3.05, 3.63) is 265 Å². The Bertz CT molecular complexity index is 3520. The van der Waals surface area contributed by atoms with Gasteiger partial charge in [0.1, 0.15) is 0 Å². The number of rotatable bonds is 6. The lowest BCUT2D eigenvalue weighted by Crippen LogP contribution is -2.33. The standard InChI is InChI=1S/C61H40N2/c1-4-18-41(19-5-1)44-24-16-25-45(38-44)62(46-34-36-48(42-20-6-2-7-21-42)53(39-46)43-22-8-3-9-23-43)47-35-37-56-59(40-47)63-58-33-15-12-28-51(58)52-29-17-32-57(60(52)63)61(56)54-30-13-10-26-49(54)50-27-11-14-31-55(50)61/h1-40H. The van der Waals surface area contributed by atoms with Gasteiger partial charge in [-0.05, 0) is 109 Å². The molecule has 2 nitrogen and oxygen atoms in total. The van der Waals surface area contributed by atoms with Crippen LogP contribution in [0.25, 0.3) is 72.0 Å². The molecule has 0 fully saturated rings. The van der Waals surface area contributed by atoms with E-state index in [0.717, 1.165) is 17.1 Å². The molecule has 0 saturated heterocycles. The fraction of sp³-hybridized carbons (Fsp3) is 0.0164. The lowest BCUT2D eigenvalue weighted by atomic mass is 9.65. The third-order valence-corrected chi connectivity index (χ3v) is 13.6. The van der Waals surface area contributed by atoms with Gasteiger partial charge in [0.05, 0.1) is 22.1 Å². The fourth-order valence-electron chi connectivity index (χ4n) is 11.0. The summed E-state index contributed by atoms with van der Waals surface area (Å²) >= 11 is 0. The number of aromatic nitrogens is 1. The molecule has 63 heavy (non-hydrogen) atoms. The van der Waals surface area contributed by atoms with Crippen molar-refractivity contribution in [1.29, 1.82) is 0 Å². The van der Waals surface area contributed by atoms with Gasteiger partial charge in [-0.15, -0.1) is 0 Å². The van der Waals surface area contributed by atoms with E-state index in [1.54, 1.807) is 0 Å². The highest BCUT2D eigenvalue weighted by molar-refractivity contribution is 6.13. The number of benzene rings is 10. The molecule has 0 bridgehead atoms. The van der Waals surface area contributed by atoms with E-state index < -0.39 is 5.41 Å². The summed E-state index contributed by atoms with van der Waals surface area (Å²) in [4.78, 5) is 2.46. The molecular formula is C61H40N2. The summed E-state index contributed by atoms with van der Waals surface area (Å²) < 4.78 is 2.56. The Hall–Kier alpha value is -8.20. The zero-order valence-corrected chi connectivity index (χ0v) is 34.5. The SMILES string of the molecule is c1ccc(-c2cccc(N(c3ccc(-c4ccccc4)c(-c4ccccc4)c3)c3ccc4c(c3)-n3c5ccccc5c5cccc(c53)C43c4ccccc4-c4ccccc43)c2)cc1. The van der Waals surface area contributed by atoms with E-state index in [4.69, 9.17) is 0 Å². The number of hydrogen-bond acceptors (Lipinski definition) is 1. The largest absolute Gasteiger partial charge is 0.310 e. The minimum Gasteiger partial charge on any atom is -0.310 e. The van der Waals surface area contributed by atoms with Gasteiger partial charge in [0.25, 0.3) is 0 Å². The third-order valence-electron chi connectivity index (χ3n) is 13.6. The van der Waals surface area contributed by atoms with Gasteiger partial charge < -0.3 is 9.47 Å². The van der Waals surface area contributed by atoms with Gasteiger partial charge in [-0.2, -0.15) is 0 Å². The van der Waals surface area contributed by atoms with Crippen molar-refractivity contribution < 1.29 is 0 Å². The van der Waals surface area contributed by atoms with Gasteiger partial charge in [0.2, 0.25) is 0 Å². The van der Waals surface area contributed by atoms with E-state index >= 15 is 0 Å². The van der Waals surface area contributed by atoms with E-state index in [1.807, 2.05) is 0 Å². The summed E-state index contributed by atoms with van der Waals surface area (Å²) in [6.07, 6.45) is 0. The van der Waals surface area contributed by atoms with Gasteiger partial charge in [-0.1, -0.05) is 200 Å². The Morgan fingerprint density at radius 2 is 0.825 bits per heavy atom. The first-order valence-electron chi connectivity index (χ1n) is 21.8. The second-order valence-corrected chi connectivity index (χ2v) is 16.8. The average Bonchev–Trinajstić information content (AvgIpc) is 3.86. The Morgan fingerprint density at radius 3 is 1.56 bits per heavy atom. The van der Waals surface area contributed by atoms with Crippen LogP contribution in [0.2, 0.25) is 0 Å². The number of fused-ring (bicyclic) bond motifs is 12. The first-order chi connectivity index (χ1) is 31.3. The molecule has 0 amide bonds. The van der Waals surface area contributed by atoms with Crippen LogP contribution < -0.4 is 4.90 Å². The van der Waals surface area contributed by atoms with Crippen LogP contribution >= 0.6 is 0 Å². The number of anilines is 3. The van der Waals surface area contributed by atoms with Gasteiger partial charge in [-0.3, -0.25) is 0 Å². The van der Waals surface area contributed by atoms with Crippen LogP contribution in [-0.2, 0) is 5.41 Å². The number of para-hydroxylation sites is 2. The average molecular weight is 801 g/mol. The zero-order chi connectivity index (χ0) is 41.5. The molecule has 0 N–H and O–H groups in total. The van der Waals surface area contributed by atoms with Crippen LogP contribution in [0.3, 0.4) is 0 Å². The van der Waals surface area contributed by atoms with Crippen LogP contribution in [0.4, 0.5) is 17.1 Å². The highest BCUT2D eigenvalue weighted by atomic mass is 15.1. The van der Waals surface area contributed by atoms with Crippen LogP contribution in [0.15, 0.2) is 243 Å². The van der Waals surface area contributed by atoms with Crippen molar-refractivity contribution in [1.82, 2.24) is 4.57 Å². The van der Waals surface area contributed by atoms with Crippen LogP contribution in [-0.4, -0.2) is 4.57 Å². The Balaban J connectivity index is 1.12. The van der Waals surface area contributed by atoms with Gasteiger partial charge >= 0.3 is 0 Å². The molecule has 1 aliphatic heterocycles. The molecule has 0 atom stereocenters. The molecule has 10 aromatic carbocycles. The van der Waals surface area contributed by atoms with E-state index in [9.17, 15) is 0 Å². The molecule has 2 aliphatic rings. The maximum Gasteiger partial charge on any atom is 0.0754 e. The molecule has 294 valence electrons. The maximum absolute atomic E-state index is 2.56. The predicted octanol–water partition coefficient (Wildman–Crippen LogP) is 15.9. The molecule has 1 aliphatic carbocycles. The van der Waals surface area contributed by atoms with E-state index in [-0.39, 0.29) is 0 Å². The molecule has 1 spiro atoms. The quantitative estimate of drug-likeness (QED) is 0.163. The van der Waals surface area contributed by atoms with Crippen LogP contribution in [0.1, 0.15) is 22.3 Å². The second kappa shape index (κ2) is 13.9. The highest BCUT2D eigenvalue weighted by Gasteiger charge is 2.50. The van der Waals surface area contributed by atoms with Crippen molar-refractivity contribution in [2.75, 3.05) is 4.90 Å². The minimum atomic E-state index is -0.513. The van der Waals surface area contributed by atoms with Crippen molar-refractivity contribution in [3.63, 3.8) is 0 Å². The molecule has 2 heteroatoms. The summed E-state index contributed by atoms with van der Waals surface area (Å²) in [5.41, 5.74) is 21.4. The summed E-state index contributed by atoms with van der Waals surface area (Å²) in [7, 11) is 0. The Kier molecular flexibility index (Phi) is 7.85. The normalized spacial score (nSPS) is 12.9. The maximum atomic E-state index is 2.56. The molecule has 0 unspecified atom stereocenters. The Morgan fingerprint density at radius 1 is 0.302 bits per heavy atom. The molecule has 0 radical (unpaired) electrons. The molecule has 1 aromatic heterocycles. The molecule has 0 saturated carbocycles. The van der Waals surface area contributed by atoms with Crippen LogP contribution in [0.5, 0.6) is 0 Å². The monoisotopic (exact) mass is 800 g/mol. The second-order valence-electron chi connectivity index (χ2n) is 16.8. The Labute approximate surface area is 367 Å². The van der Waals surface area contributed by atoms with Crippen molar-refractivity contribution in [2.24, 2.45) is 0 Å². The fourth-order valence-corrected chi connectivity index (χ4v) is 11.0. The summed E-state index contributed by atoms with van der Waals surface area (Å²) in [6, 6.07) is 89.6. The van der Waals surface area contributed by atoms with E-state index in [1.165, 1.54) is 94.3 Å². The van der Waals surface area contributed by atoms with Gasteiger partial charge in [0.15, 0.2) is 0 Å². The lowest BCUT2D eigenvalue weighted by molar-refractivity contribution is 0.748. The minimum absolute atomic E-state index is 0.513. The molecule has 11 aromatic rings. The lowest BCUT2D eigenvalue weighted by Gasteiger charge is -2.40. The van der Waals surface area contributed by atoms with E-state index in [0.29, 0.717) is 0 Å². The topological polar surface area (TPSA) is 8.17 Å². The van der Waals surface area contributed by atoms with Crippen molar-refractivity contribution in [3.8, 4) is 50.2 Å². The summed E-state index contributed by atoms with van der Waals surface area (Å²) in [5, 5.41) is 2.54. The van der Waals surface area contributed by atoms with Crippen LogP contribution in [0, 0.1) is 0 Å². The highest BCUT2D eigenvalue weighted by Crippen LogP contribution is 2.61. The zero-order valence-electron chi connectivity index (χ0n) is 34.5. The third kappa shape index (κ3) is 5.19. The van der Waals surface area contributed by atoms with Gasteiger partial charge in [0, 0.05) is 27.8 Å². The van der Waals surface area contributed by atoms with Gasteiger partial charge in [-0.25, -0.2) is 0 Å². The number of hydrogen-bond donors (Lipinski definition) is 0. The molecular weight excluding hydrogens is 761 g/mol. The summed E-state index contributed by atoms with van der Waals surface area (Å²) in [6.45, 7) is 0. The first-order valence-corrected chi connectivity index (χ1v) is 21.8. The number of nitrogens with zero attached hydrogens (tertiary/aromatic N) is 2. The smallest absolute Gasteiger partial charge is 0.0754 e. The van der Waals surface area contributed by atoms with Crippen molar-refractivity contribution in [2.45, 2.75) is 5.41 Å². The predicted molar refractivity (Wildman–Crippen MR) is 263 cm³/mol. The molecule has 13 rings (SSSR count). The van der Waals surface area contributed by atoms with Crippen molar-refractivity contribution >= 4 is 38.9 Å². The summed E-state index contributed by atoms with van der Waals surface area (Å²) in [5.74, 6) is 0.